The van der Waals surface area contributed by atoms with Crippen molar-refractivity contribution in [1.29, 1.82) is 0 Å². The molecular formula is C22H25N3S. The minimum atomic E-state index is 0.379. The van der Waals surface area contributed by atoms with Gasteiger partial charge in [-0.1, -0.05) is 48.2 Å². The lowest BCUT2D eigenvalue weighted by atomic mass is 9.95. The van der Waals surface area contributed by atoms with Gasteiger partial charge < -0.3 is 9.80 Å². The number of allylic oxidation sites excluding steroid dienone is 3. The first kappa shape index (κ1) is 16.3. The summed E-state index contributed by atoms with van der Waals surface area (Å²) in [7, 11) is 0. The molecule has 1 aromatic carbocycles. The van der Waals surface area contributed by atoms with E-state index in [0.29, 0.717) is 6.17 Å². The molecule has 0 aliphatic carbocycles. The molecule has 5 rings (SSSR count). The molecule has 26 heavy (non-hydrogen) atoms. The van der Waals surface area contributed by atoms with E-state index in [1.165, 1.54) is 48.8 Å². The first-order valence-corrected chi connectivity index (χ1v) is 10.5. The zero-order valence-corrected chi connectivity index (χ0v) is 15.8. The number of nitrogens with zero attached hydrogens (tertiary/aromatic N) is 3. The van der Waals surface area contributed by atoms with Gasteiger partial charge in [0.1, 0.15) is 6.17 Å². The summed E-state index contributed by atoms with van der Waals surface area (Å²) in [5, 5.41) is 3.56. The molecule has 4 heterocycles. The Labute approximate surface area is 160 Å². The van der Waals surface area contributed by atoms with Crippen LogP contribution in [-0.2, 0) is 6.54 Å². The number of benzene rings is 1. The topological polar surface area (TPSA) is 9.72 Å². The summed E-state index contributed by atoms with van der Waals surface area (Å²) >= 11 is 1.82. The Morgan fingerprint density at radius 2 is 1.92 bits per heavy atom. The van der Waals surface area contributed by atoms with Gasteiger partial charge in [-0.05, 0) is 61.0 Å². The van der Waals surface area contributed by atoms with E-state index in [-0.39, 0.29) is 0 Å². The van der Waals surface area contributed by atoms with Crippen LogP contribution in [0.25, 0.3) is 0 Å². The number of hydrogen-bond donors (Lipinski definition) is 0. The van der Waals surface area contributed by atoms with Crippen molar-refractivity contribution in [2.75, 3.05) is 19.6 Å². The summed E-state index contributed by atoms with van der Waals surface area (Å²) in [6.07, 6.45) is 14.4. The minimum absolute atomic E-state index is 0.379. The molecule has 1 unspecified atom stereocenters. The standard InChI is InChI=1S/C22H25N3S/c1-2-5-18(6-3-1)15-23-12-9-19(10-13-23)16-24-17-20-11-14-26-22-8-4-7-21(24)25(20)22/h1-8,11,14,17,19,21H,9-10,12-13,15-16H2. The minimum Gasteiger partial charge on any atom is -0.352 e. The third-order valence-corrected chi connectivity index (χ3v) is 6.64. The second-order valence-corrected chi connectivity index (χ2v) is 8.48. The molecular weight excluding hydrogens is 338 g/mol. The largest absolute Gasteiger partial charge is 0.352 e. The second kappa shape index (κ2) is 7.01. The molecule has 4 aliphatic rings. The maximum absolute atomic E-state index is 2.61. The summed E-state index contributed by atoms with van der Waals surface area (Å²) in [4.78, 5) is 7.63. The maximum atomic E-state index is 2.61. The van der Waals surface area contributed by atoms with E-state index in [1.54, 1.807) is 0 Å². The van der Waals surface area contributed by atoms with Crippen LogP contribution in [0.5, 0.6) is 0 Å². The van der Waals surface area contributed by atoms with Gasteiger partial charge >= 0.3 is 0 Å². The summed E-state index contributed by atoms with van der Waals surface area (Å²) in [5.41, 5.74) is 2.77. The molecule has 4 heteroatoms. The van der Waals surface area contributed by atoms with Crippen LogP contribution in [-0.4, -0.2) is 40.5 Å². The van der Waals surface area contributed by atoms with Crippen LogP contribution in [0.2, 0.25) is 0 Å². The molecule has 0 aromatic heterocycles. The molecule has 0 saturated carbocycles. The van der Waals surface area contributed by atoms with Gasteiger partial charge in [-0.3, -0.25) is 4.90 Å². The SMILES string of the molecule is C1=CC2N(CC3CCN(Cc4ccccc4)CC3)C=C3C=CSC(=C1)N32. The molecule has 0 radical (unpaired) electrons. The smallest absolute Gasteiger partial charge is 0.126 e. The Kier molecular flexibility index (Phi) is 4.39. The summed E-state index contributed by atoms with van der Waals surface area (Å²) < 4.78 is 0. The molecule has 1 fully saturated rings. The predicted molar refractivity (Wildman–Crippen MR) is 109 cm³/mol. The highest BCUT2D eigenvalue weighted by Gasteiger charge is 2.35. The third-order valence-electron chi connectivity index (χ3n) is 5.79. The van der Waals surface area contributed by atoms with Gasteiger partial charge in [-0.25, -0.2) is 0 Å². The van der Waals surface area contributed by atoms with Gasteiger partial charge in [0.15, 0.2) is 0 Å². The Balaban J connectivity index is 1.19. The van der Waals surface area contributed by atoms with E-state index in [1.807, 2.05) is 11.8 Å². The predicted octanol–water partition coefficient (Wildman–Crippen LogP) is 4.36. The zero-order chi connectivity index (χ0) is 17.3. The number of likely N-dealkylation sites (tertiary alicyclic amines) is 1. The zero-order valence-electron chi connectivity index (χ0n) is 15.0. The Bertz CT molecular complexity index is 772. The summed E-state index contributed by atoms with van der Waals surface area (Å²) in [6, 6.07) is 10.9. The first-order valence-electron chi connectivity index (χ1n) is 9.61. The van der Waals surface area contributed by atoms with Gasteiger partial charge in [-0.2, -0.15) is 0 Å². The van der Waals surface area contributed by atoms with Crippen LogP contribution < -0.4 is 0 Å². The van der Waals surface area contributed by atoms with Crippen LogP contribution in [0.3, 0.4) is 0 Å². The van der Waals surface area contributed by atoms with E-state index in [0.717, 1.165) is 12.5 Å². The molecule has 0 spiro atoms. The number of piperidine rings is 1. The summed E-state index contributed by atoms with van der Waals surface area (Å²) in [6.45, 7) is 4.70. The molecule has 3 nitrogen and oxygen atoms in total. The Hall–Kier alpha value is -1.91. The van der Waals surface area contributed by atoms with Gasteiger partial charge in [0, 0.05) is 19.3 Å². The number of thioether (sulfide) groups is 1. The second-order valence-electron chi connectivity index (χ2n) is 7.55. The highest BCUT2D eigenvalue weighted by molar-refractivity contribution is 8.05. The first-order chi connectivity index (χ1) is 12.9. The van der Waals surface area contributed by atoms with Crippen molar-refractivity contribution in [3.05, 3.63) is 82.5 Å². The Morgan fingerprint density at radius 3 is 2.77 bits per heavy atom. The molecule has 1 saturated heterocycles. The van der Waals surface area contributed by atoms with E-state index in [9.17, 15) is 0 Å². The highest BCUT2D eigenvalue weighted by atomic mass is 32.2. The molecule has 134 valence electrons. The lowest BCUT2D eigenvalue weighted by Gasteiger charge is -2.38. The lowest BCUT2D eigenvalue weighted by molar-refractivity contribution is 0.135. The van der Waals surface area contributed by atoms with Crippen molar-refractivity contribution >= 4 is 11.8 Å². The quantitative estimate of drug-likeness (QED) is 0.786. The van der Waals surface area contributed by atoms with Crippen molar-refractivity contribution in [2.45, 2.75) is 25.6 Å². The van der Waals surface area contributed by atoms with Crippen LogP contribution in [0.15, 0.2) is 77.0 Å². The van der Waals surface area contributed by atoms with Gasteiger partial charge in [0.05, 0.1) is 10.7 Å². The molecule has 0 N–H and O–H groups in total. The van der Waals surface area contributed by atoms with Crippen molar-refractivity contribution in [3.63, 3.8) is 0 Å². The summed E-state index contributed by atoms with van der Waals surface area (Å²) in [5.74, 6) is 0.791. The van der Waals surface area contributed by atoms with Crippen LogP contribution in [0.4, 0.5) is 0 Å². The van der Waals surface area contributed by atoms with Crippen molar-refractivity contribution in [3.8, 4) is 0 Å². The third kappa shape index (κ3) is 3.12. The van der Waals surface area contributed by atoms with Gasteiger partial charge in [0.2, 0.25) is 0 Å². The van der Waals surface area contributed by atoms with Crippen molar-refractivity contribution < 1.29 is 0 Å². The van der Waals surface area contributed by atoms with Gasteiger partial charge in [-0.15, -0.1) is 0 Å². The monoisotopic (exact) mass is 363 g/mol. The average molecular weight is 364 g/mol. The molecule has 4 aliphatic heterocycles. The van der Waals surface area contributed by atoms with E-state index >= 15 is 0 Å². The lowest BCUT2D eigenvalue weighted by Crippen LogP contribution is -2.43. The van der Waals surface area contributed by atoms with E-state index in [2.05, 4.69) is 80.9 Å². The fourth-order valence-corrected chi connectivity index (χ4v) is 5.23. The van der Waals surface area contributed by atoms with Crippen LogP contribution in [0.1, 0.15) is 18.4 Å². The molecule has 0 bridgehead atoms. The fraction of sp³-hybridized carbons (Fsp3) is 0.364. The fourth-order valence-electron chi connectivity index (χ4n) is 4.40. The van der Waals surface area contributed by atoms with Crippen molar-refractivity contribution in [2.24, 2.45) is 5.92 Å². The number of hydrogen-bond acceptors (Lipinski definition) is 4. The average Bonchev–Trinajstić information content (AvgIpc) is 3.04. The number of rotatable bonds is 4. The van der Waals surface area contributed by atoms with Crippen LogP contribution >= 0.6 is 11.8 Å². The normalized spacial score (nSPS) is 25.3. The molecule has 1 atom stereocenters. The van der Waals surface area contributed by atoms with E-state index < -0.39 is 0 Å². The van der Waals surface area contributed by atoms with Crippen molar-refractivity contribution in [1.82, 2.24) is 14.7 Å². The van der Waals surface area contributed by atoms with E-state index in [4.69, 9.17) is 0 Å². The van der Waals surface area contributed by atoms with Crippen LogP contribution in [0, 0.1) is 5.92 Å². The maximum Gasteiger partial charge on any atom is 0.126 e. The highest BCUT2D eigenvalue weighted by Crippen LogP contribution is 2.41. The Morgan fingerprint density at radius 1 is 1.08 bits per heavy atom. The molecule has 1 aromatic rings. The van der Waals surface area contributed by atoms with Gasteiger partial charge in [0.25, 0.3) is 0 Å². The molecule has 0 amide bonds.